The van der Waals surface area contributed by atoms with Crippen molar-refractivity contribution in [3.05, 3.63) is 59.7 Å². The van der Waals surface area contributed by atoms with Gasteiger partial charge in [-0.3, -0.25) is 4.79 Å². The van der Waals surface area contributed by atoms with E-state index in [2.05, 4.69) is 16.0 Å². The van der Waals surface area contributed by atoms with Gasteiger partial charge in [-0.2, -0.15) is 0 Å². The zero-order valence-corrected chi connectivity index (χ0v) is 15.9. The molecule has 1 aliphatic carbocycles. The van der Waals surface area contributed by atoms with Crippen molar-refractivity contribution in [1.82, 2.24) is 16.0 Å². The molecule has 4 rings (SSSR count). The summed E-state index contributed by atoms with van der Waals surface area (Å²) in [5.74, 6) is -0.0719. The fourth-order valence-electron chi connectivity index (χ4n) is 4.09. The molecule has 146 valence electrons. The Kier molecular flexibility index (Phi) is 4.81. The molecule has 1 saturated carbocycles. The quantitative estimate of drug-likeness (QED) is 0.644. The first-order valence-electron chi connectivity index (χ1n) is 9.70. The number of carbonyl (C=O) groups excluding carboxylic acids is 2. The van der Waals surface area contributed by atoms with E-state index in [1.165, 1.54) is 0 Å². The van der Waals surface area contributed by atoms with Crippen molar-refractivity contribution in [2.75, 3.05) is 6.54 Å². The average molecular weight is 379 g/mol. The molecular formula is C22H25N3O3. The molecule has 2 aromatic carbocycles. The van der Waals surface area contributed by atoms with Gasteiger partial charge >= 0.3 is 6.03 Å². The van der Waals surface area contributed by atoms with Gasteiger partial charge in [0, 0.05) is 12.1 Å². The van der Waals surface area contributed by atoms with Crippen molar-refractivity contribution < 1.29 is 14.7 Å². The van der Waals surface area contributed by atoms with E-state index >= 15 is 0 Å². The van der Waals surface area contributed by atoms with E-state index in [0.717, 1.165) is 36.0 Å². The van der Waals surface area contributed by atoms with E-state index in [1.807, 2.05) is 49.4 Å². The Morgan fingerprint density at radius 1 is 1.18 bits per heavy atom. The highest BCUT2D eigenvalue weighted by atomic mass is 16.3. The number of aliphatic hydroxyl groups is 1. The minimum Gasteiger partial charge on any atom is -0.371 e. The lowest BCUT2D eigenvalue weighted by molar-refractivity contribution is 0.0148. The van der Waals surface area contributed by atoms with Crippen LogP contribution in [0.25, 0.3) is 11.1 Å². The number of nitrogens with one attached hydrogen (secondary N) is 3. The Labute approximate surface area is 164 Å². The molecule has 6 heteroatoms. The summed E-state index contributed by atoms with van der Waals surface area (Å²) >= 11 is 0. The molecular weight excluding hydrogens is 354 g/mol. The van der Waals surface area contributed by atoms with Gasteiger partial charge in [0.1, 0.15) is 5.54 Å². The SMILES string of the molecule is Cc1ccc(-c2ccccc2C(=O)NCC2(C3CCC3)NC(=O)NC2O)cc1. The summed E-state index contributed by atoms with van der Waals surface area (Å²) in [5.41, 5.74) is 2.70. The lowest BCUT2D eigenvalue weighted by atomic mass is 9.70. The van der Waals surface area contributed by atoms with Gasteiger partial charge in [-0.25, -0.2) is 4.79 Å². The van der Waals surface area contributed by atoms with Crippen molar-refractivity contribution in [2.24, 2.45) is 5.92 Å². The summed E-state index contributed by atoms with van der Waals surface area (Å²) in [6, 6.07) is 15.1. The van der Waals surface area contributed by atoms with Gasteiger partial charge in [-0.05, 0) is 42.9 Å². The van der Waals surface area contributed by atoms with Gasteiger partial charge in [-0.15, -0.1) is 0 Å². The molecule has 28 heavy (non-hydrogen) atoms. The van der Waals surface area contributed by atoms with Gasteiger partial charge < -0.3 is 21.1 Å². The second-order valence-corrected chi connectivity index (χ2v) is 7.76. The molecule has 6 nitrogen and oxygen atoms in total. The van der Waals surface area contributed by atoms with Crippen LogP contribution in [0.3, 0.4) is 0 Å². The Balaban J connectivity index is 1.56. The number of rotatable bonds is 5. The van der Waals surface area contributed by atoms with Crippen molar-refractivity contribution in [1.29, 1.82) is 0 Å². The summed E-state index contributed by atoms with van der Waals surface area (Å²) in [4.78, 5) is 24.8. The fourth-order valence-corrected chi connectivity index (χ4v) is 4.09. The number of aryl methyl sites for hydroxylation is 1. The normalized spacial score (nSPS) is 24.2. The Bertz CT molecular complexity index is 892. The summed E-state index contributed by atoms with van der Waals surface area (Å²) < 4.78 is 0. The van der Waals surface area contributed by atoms with E-state index in [0.29, 0.717) is 5.56 Å². The smallest absolute Gasteiger partial charge is 0.317 e. The fraction of sp³-hybridized carbons (Fsp3) is 0.364. The zero-order chi connectivity index (χ0) is 19.7. The van der Waals surface area contributed by atoms with E-state index in [9.17, 15) is 14.7 Å². The van der Waals surface area contributed by atoms with Gasteiger partial charge in [-0.1, -0.05) is 54.4 Å². The van der Waals surface area contributed by atoms with E-state index in [4.69, 9.17) is 0 Å². The van der Waals surface area contributed by atoms with Crippen LogP contribution in [0.15, 0.2) is 48.5 Å². The molecule has 0 bridgehead atoms. The minimum absolute atomic E-state index is 0.147. The average Bonchev–Trinajstić information content (AvgIpc) is 2.93. The second kappa shape index (κ2) is 7.28. The third kappa shape index (κ3) is 3.24. The molecule has 2 atom stereocenters. The van der Waals surface area contributed by atoms with E-state index in [-0.39, 0.29) is 18.4 Å². The molecule has 1 heterocycles. The van der Waals surface area contributed by atoms with Gasteiger partial charge in [0.25, 0.3) is 5.91 Å². The highest BCUT2D eigenvalue weighted by molar-refractivity contribution is 6.01. The van der Waals surface area contributed by atoms with Gasteiger partial charge in [0.2, 0.25) is 0 Å². The molecule has 0 radical (unpaired) electrons. The molecule has 2 aromatic rings. The highest BCUT2D eigenvalue weighted by Crippen LogP contribution is 2.39. The first kappa shape index (κ1) is 18.5. The lowest BCUT2D eigenvalue weighted by Crippen LogP contribution is -2.63. The summed E-state index contributed by atoms with van der Waals surface area (Å²) in [6.07, 6.45) is 1.90. The number of urea groups is 1. The van der Waals surface area contributed by atoms with Crippen molar-refractivity contribution in [3.8, 4) is 11.1 Å². The topological polar surface area (TPSA) is 90.5 Å². The van der Waals surface area contributed by atoms with Crippen LogP contribution in [0, 0.1) is 12.8 Å². The predicted octanol–water partition coefficient (Wildman–Crippen LogP) is 2.56. The minimum atomic E-state index is -1.02. The maximum absolute atomic E-state index is 13.0. The molecule has 0 aromatic heterocycles. The first-order valence-corrected chi connectivity index (χ1v) is 9.70. The maximum Gasteiger partial charge on any atom is 0.317 e. The summed E-state index contributed by atoms with van der Waals surface area (Å²) in [5, 5.41) is 18.8. The second-order valence-electron chi connectivity index (χ2n) is 7.76. The zero-order valence-electron chi connectivity index (χ0n) is 15.9. The molecule has 3 amide bonds. The lowest BCUT2D eigenvalue weighted by Gasteiger charge is -2.43. The third-order valence-electron chi connectivity index (χ3n) is 6.01. The largest absolute Gasteiger partial charge is 0.371 e. The number of hydrogen-bond donors (Lipinski definition) is 4. The third-order valence-corrected chi connectivity index (χ3v) is 6.01. The molecule has 0 spiro atoms. The molecule has 2 aliphatic rings. The monoisotopic (exact) mass is 379 g/mol. The number of carbonyl (C=O) groups is 2. The van der Waals surface area contributed by atoms with Crippen molar-refractivity contribution in [3.63, 3.8) is 0 Å². The Morgan fingerprint density at radius 3 is 2.50 bits per heavy atom. The van der Waals surface area contributed by atoms with Crippen LogP contribution in [0.4, 0.5) is 4.79 Å². The molecule has 1 saturated heterocycles. The van der Waals surface area contributed by atoms with Crippen molar-refractivity contribution in [2.45, 2.75) is 38.0 Å². The van der Waals surface area contributed by atoms with Crippen LogP contribution in [-0.4, -0.2) is 35.4 Å². The molecule has 2 unspecified atom stereocenters. The van der Waals surface area contributed by atoms with Gasteiger partial charge in [0.15, 0.2) is 6.23 Å². The van der Waals surface area contributed by atoms with Gasteiger partial charge in [0.05, 0.1) is 0 Å². The number of aliphatic hydroxyl groups excluding tert-OH is 1. The van der Waals surface area contributed by atoms with E-state index in [1.54, 1.807) is 6.07 Å². The Hall–Kier alpha value is -2.86. The molecule has 1 aliphatic heterocycles. The first-order chi connectivity index (χ1) is 13.5. The number of hydrogen-bond acceptors (Lipinski definition) is 3. The molecule has 4 N–H and O–H groups in total. The summed E-state index contributed by atoms with van der Waals surface area (Å²) in [7, 11) is 0. The van der Waals surface area contributed by atoms with Crippen molar-refractivity contribution >= 4 is 11.9 Å². The van der Waals surface area contributed by atoms with Crippen LogP contribution in [0.2, 0.25) is 0 Å². The van der Waals surface area contributed by atoms with Crippen LogP contribution in [-0.2, 0) is 0 Å². The Morgan fingerprint density at radius 2 is 1.89 bits per heavy atom. The van der Waals surface area contributed by atoms with Crippen LogP contribution in [0.5, 0.6) is 0 Å². The summed E-state index contributed by atoms with van der Waals surface area (Å²) in [6.45, 7) is 2.20. The van der Waals surface area contributed by atoms with Crippen LogP contribution in [0.1, 0.15) is 35.2 Å². The molecule has 2 fully saturated rings. The number of amides is 3. The maximum atomic E-state index is 13.0. The predicted molar refractivity (Wildman–Crippen MR) is 107 cm³/mol. The van der Waals surface area contributed by atoms with Crippen LogP contribution >= 0.6 is 0 Å². The highest BCUT2D eigenvalue weighted by Gasteiger charge is 2.53. The standard InChI is InChI=1S/C22H25N3O3/c1-14-9-11-15(12-10-14)17-7-2-3-8-18(17)19(26)23-13-22(16-5-4-6-16)20(27)24-21(28)25-22/h2-3,7-12,16,20,27H,4-6,13H2,1H3,(H,23,26)(H2,24,25,28). The van der Waals surface area contributed by atoms with E-state index < -0.39 is 17.8 Å². The van der Waals surface area contributed by atoms with Crippen LogP contribution < -0.4 is 16.0 Å². The number of benzene rings is 2.